The molecular formula is C16H15Cl2NO2. The van der Waals surface area contributed by atoms with E-state index in [4.69, 9.17) is 27.9 Å². The fourth-order valence-electron chi connectivity index (χ4n) is 1.96. The van der Waals surface area contributed by atoms with E-state index in [1.807, 2.05) is 36.2 Å². The summed E-state index contributed by atoms with van der Waals surface area (Å²) < 4.78 is 5.18. The summed E-state index contributed by atoms with van der Waals surface area (Å²) in [4.78, 5) is 14.2. The van der Waals surface area contributed by atoms with E-state index < -0.39 is 0 Å². The van der Waals surface area contributed by atoms with Crippen molar-refractivity contribution >= 4 is 34.7 Å². The molecule has 5 heteroatoms. The van der Waals surface area contributed by atoms with Crippen LogP contribution in [-0.2, 0) is 0 Å². The normalized spacial score (nSPS) is 10.3. The Bertz CT molecular complexity index is 658. The van der Waals surface area contributed by atoms with Crippen LogP contribution < -0.4 is 9.64 Å². The lowest BCUT2D eigenvalue weighted by molar-refractivity contribution is 0.100. The first-order chi connectivity index (χ1) is 10.0. The summed E-state index contributed by atoms with van der Waals surface area (Å²) in [6.07, 6.45) is 0. The molecule has 0 aromatic heterocycles. The van der Waals surface area contributed by atoms with Crippen LogP contribution in [0.4, 0.5) is 5.69 Å². The van der Waals surface area contributed by atoms with Crippen LogP contribution >= 0.6 is 23.2 Å². The Morgan fingerprint density at radius 1 is 1.19 bits per heavy atom. The summed E-state index contributed by atoms with van der Waals surface area (Å²) in [6.45, 7) is 0.217. The highest BCUT2D eigenvalue weighted by molar-refractivity contribution is 6.36. The molecule has 21 heavy (non-hydrogen) atoms. The highest BCUT2D eigenvalue weighted by atomic mass is 35.5. The van der Waals surface area contributed by atoms with Crippen molar-refractivity contribution in [2.45, 2.75) is 0 Å². The number of carbonyl (C=O) groups is 1. The minimum absolute atomic E-state index is 0.0676. The standard InChI is InChI=1S/C16H15Cl2NO2/c1-19(12-4-3-5-13(9-12)21-2)10-16(20)14-7-6-11(17)8-15(14)18/h3-9H,10H2,1-2H3. The average Bonchev–Trinajstić information content (AvgIpc) is 2.47. The van der Waals surface area contributed by atoms with Crippen molar-refractivity contribution in [3.05, 3.63) is 58.1 Å². The largest absolute Gasteiger partial charge is 0.497 e. The molecule has 0 spiro atoms. The summed E-state index contributed by atoms with van der Waals surface area (Å²) in [7, 11) is 3.45. The van der Waals surface area contributed by atoms with E-state index >= 15 is 0 Å². The van der Waals surface area contributed by atoms with Crippen molar-refractivity contribution in [3.63, 3.8) is 0 Å². The quantitative estimate of drug-likeness (QED) is 0.767. The third kappa shape index (κ3) is 3.90. The number of anilines is 1. The topological polar surface area (TPSA) is 29.5 Å². The molecular weight excluding hydrogens is 309 g/mol. The molecule has 2 aromatic carbocycles. The maximum absolute atomic E-state index is 12.3. The van der Waals surface area contributed by atoms with Crippen molar-refractivity contribution in [1.29, 1.82) is 0 Å². The molecule has 0 amide bonds. The number of nitrogens with zero attached hydrogens (tertiary/aromatic N) is 1. The number of hydrogen-bond acceptors (Lipinski definition) is 3. The number of Topliss-reactive ketones (excluding diaryl/α,β-unsaturated/α-hetero) is 1. The van der Waals surface area contributed by atoms with Gasteiger partial charge in [-0.05, 0) is 30.3 Å². The van der Waals surface area contributed by atoms with Crippen LogP contribution in [-0.4, -0.2) is 26.5 Å². The molecule has 0 aliphatic rings. The predicted molar refractivity (Wildman–Crippen MR) is 87.1 cm³/mol. The van der Waals surface area contributed by atoms with Gasteiger partial charge in [0, 0.05) is 29.4 Å². The van der Waals surface area contributed by atoms with Crippen LogP contribution in [0.15, 0.2) is 42.5 Å². The smallest absolute Gasteiger partial charge is 0.183 e. The summed E-state index contributed by atoms with van der Waals surface area (Å²) >= 11 is 11.9. The van der Waals surface area contributed by atoms with Crippen LogP contribution in [0.1, 0.15) is 10.4 Å². The average molecular weight is 324 g/mol. The first-order valence-corrected chi connectivity index (χ1v) is 7.10. The van der Waals surface area contributed by atoms with Gasteiger partial charge >= 0.3 is 0 Å². The van der Waals surface area contributed by atoms with Gasteiger partial charge in [-0.3, -0.25) is 4.79 Å². The fourth-order valence-corrected chi connectivity index (χ4v) is 2.47. The van der Waals surface area contributed by atoms with Gasteiger partial charge < -0.3 is 9.64 Å². The summed E-state index contributed by atoms with van der Waals surface area (Å²) in [6, 6.07) is 12.4. The Morgan fingerprint density at radius 2 is 1.95 bits per heavy atom. The Labute approximate surface area is 134 Å². The molecule has 0 atom stereocenters. The minimum Gasteiger partial charge on any atom is -0.497 e. The number of carbonyl (C=O) groups excluding carboxylic acids is 1. The summed E-state index contributed by atoms with van der Waals surface area (Å²) in [5, 5.41) is 0.879. The van der Waals surface area contributed by atoms with Gasteiger partial charge in [-0.25, -0.2) is 0 Å². The molecule has 0 bridgehead atoms. The number of ether oxygens (including phenoxy) is 1. The van der Waals surface area contributed by atoms with Gasteiger partial charge in [0.05, 0.1) is 18.7 Å². The Morgan fingerprint density at radius 3 is 2.62 bits per heavy atom. The second-order valence-electron chi connectivity index (χ2n) is 4.60. The van der Waals surface area contributed by atoms with Gasteiger partial charge in [0.2, 0.25) is 0 Å². The zero-order chi connectivity index (χ0) is 15.4. The molecule has 0 saturated carbocycles. The van der Waals surface area contributed by atoms with E-state index in [2.05, 4.69) is 0 Å². The number of benzene rings is 2. The van der Waals surface area contributed by atoms with E-state index in [9.17, 15) is 4.79 Å². The number of methoxy groups -OCH3 is 1. The molecule has 0 radical (unpaired) electrons. The first kappa shape index (κ1) is 15.7. The summed E-state index contributed by atoms with van der Waals surface area (Å²) in [5.41, 5.74) is 1.36. The molecule has 2 aromatic rings. The van der Waals surface area contributed by atoms with Crippen LogP contribution in [0.2, 0.25) is 10.0 Å². The van der Waals surface area contributed by atoms with Gasteiger partial charge in [0.15, 0.2) is 5.78 Å². The van der Waals surface area contributed by atoms with Crippen molar-refractivity contribution in [1.82, 2.24) is 0 Å². The molecule has 0 fully saturated rings. The number of likely N-dealkylation sites (N-methyl/N-ethyl adjacent to an activating group) is 1. The molecule has 0 N–H and O–H groups in total. The Balaban J connectivity index is 2.14. The van der Waals surface area contributed by atoms with E-state index in [0.717, 1.165) is 11.4 Å². The fraction of sp³-hybridized carbons (Fsp3) is 0.188. The SMILES string of the molecule is COc1cccc(N(C)CC(=O)c2ccc(Cl)cc2Cl)c1. The summed E-state index contributed by atoms with van der Waals surface area (Å²) in [5.74, 6) is 0.679. The maximum atomic E-state index is 12.3. The van der Waals surface area contributed by atoms with Crippen LogP contribution in [0.25, 0.3) is 0 Å². The van der Waals surface area contributed by atoms with Crippen molar-refractivity contribution in [2.24, 2.45) is 0 Å². The third-order valence-corrected chi connectivity index (χ3v) is 3.65. The number of halogens is 2. The lowest BCUT2D eigenvalue weighted by Gasteiger charge is -2.19. The molecule has 2 rings (SSSR count). The molecule has 110 valence electrons. The molecule has 0 unspecified atom stereocenters. The second-order valence-corrected chi connectivity index (χ2v) is 5.45. The van der Waals surface area contributed by atoms with Gasteiger partial charge in [-0.15, -0.1) is 0 Å². The van der Waals surface area contributed by atoms with Crippen molar-refractivity contribution < 1.29 is 9.53 Å². The van der Waals surface area contributed by atoms with E-state index in [-0.39, 0.29) is 12.3 Å². The monoisotopic (exact) mass is 323 g/mol. The van der Waals surface area contributed by atoms with Crippen molar-refractivity contribution in [3.8, 4) is 5.75 Å². The van der Waals surface area contributed by atoms with E-state index in [1.54, 1.807) is 25.3 Å². The lowest BCUT2D eigenvalue weighted by Crippen LogP contribution is -2.25. The number of rotatable bonds is 5. The molecule has 3 nitrogen and oxygen atoms in total. The lowest BCUT2D eigenvalue weighted by atomic mass is 10.1. The molecule has 0 heterocycles. The van der Waals surface area contributed by atoms with Gasteiger partial charge in [-0.1, -0.05) is 29.3 Å². The zero-order valence-electron chi connectivity index (χ0n) is 11.8. The Hall–Kier alpha value is -1.71. The van der Waals surface area contributed by atoms with Gasteiger partial charge in [0.1, 0.15) is 5.75 Å². The zero-order valence-corrected chi connectivity index (χ0v) is 13.3. The first-order valence-electron chi connectivity index (χ1n) is 6.34. The van der Waals surface area contributed by atoms with Crippen molar-refractivity contribution in [2.75, 3.05) is 25.6 Å². The molecule has 0 aliphatic heterocycles. The minimum atomic E-state index is -0.0676. The Kier molecular flexibility index (Phi) is 5.10. The van der Waals surface area contributed by atoms with Crippen LogP contribution in [0, 0.1) is 0 Å². The van der Waals surface area contributed by atoms with Crippen LogP contribution in [0.3, 0.4) is 0 Å². The number of ketones is 1. The predicted octanol–water partition coefficient (Wildman–Crippen LogP) is 4.32. The highest BCUT2D eigenvalue weighted by Gasteiger charge is 2.14. The van der Waals surface area contributed by atoms with Gasteiger partial charge in [0.25, 0.3) is 0 Å². The maximum Gasteiger partial charge on any atom is 0.183 e. The second kappa shape index (κ2) is 6.83. The van der Waals surface area contributed by atoms with Crippen LogP contribution in [0.5, 0.6) is 5.75 Å². The van der Waals surface area contributed by atoms with E-state index in [1.165, 1.54) is 0 Å². The number of hydrogen-bond donors (Lipinski definition) is 0. The van der Waals surface area contributed by atoms with Gasteiger partial charge in [-0.2, -0.15) is 0 Å². The highest BCUT2D eigenvalue weighted by Crippen LogP contribution is 2.23. The molecule has 0 aliphatic carbocycles. The van der Waals surface area contributed by atoms with E-state index in [0.29, 0.717) is 15.6 Å². The molecule has 0 saturated heterocycles. The third-order valence-electron chi connectivity index (χ3n) is 3.11.